The van der Waals surface area contributed by atoms with Crippen LogP contribution in [0.2, 0.25) is 0 Å². The molecule has 1 atom stereocenters. The van der Waals surface area contributed by atoms with Crippen LogP contribution in [0, 0.1) is 5.92 Å². The minimum absolute atomic E-state index is 0.101. The summed E-state index contributed by atoms with van der Waals surface area (Å²) < 4.78 is 11.8. The average molecular weight is 326 g/mol. The molecule has 7 nitrogen and oxygen atoms in total. The molecule has 7 heteroatoms. The molecule has 24 heavy (non-hydrogen) atoms. The molecule has 124 valence electrons. The van der Waals surface area contributed by atoms with Crippen molar-refractivity contribution in [1.29, 1.82) is 0 Å². The number of pyridine rings is 1. The first-order valence-electron chi connectivity index (χ1n) is 7.99. The number of rotatable bonds is 4. The van der Waals surface area contributed by atoms with Gasteiger partial charge in [0.1, 0.15) is 17.0 Å². The molecule has 0 aromatic carbocycles. The molecule has 2 aliphatic heterocycles. The van der Waals surface area contributed by atoms with Gasteiger partial charge in [-0.2, -0.15) is 0 Å². The van der Waals surface area contributed by atoms with Crippen LogP contribution in [0.5, 0.6) is 5.75 Å². The van der Waals surface area contributed by atoms with E-state index in [4.69, 9.17) is 9.47 Å². The topological polar surface area (TPSA) is 77.4 Å². The van der Waals surface area contributed by atoms with E-state index in [1.807, 2.05) is 12.1 Å². The number of likely N-dealkylation sites (tertiary alicyclic amines) is 1. The third kappa shape index (κ3) is 2.71. The number of carbonyl (C=O) groups excluding carboxylic acids is 1. The fraction of sp³-hybridized carbons (Fsp3) is 0.412. The quantitative estimate of drug-likeness (QED) is 0.840. The van der Waals surface area contributed by atoms with Gasteiger partial charge in [-0.15, -0.1) is 0 Å². The van der Waals surface area contributed by atoms with Gasteiger partial charge in [0.15, 0.2) is 0 Å². The third-order valence-corrected chi connectivity index (χ3v) is 4.67. The second-order valence-corrected chi connectivity index (χ2v) is 6.15. The highest BCUT2D eigenvalue weighted by Gasteiger charge is 2.55. The molecule has 2 aromatic heterocycles. The van der Waals surface area contributed by atoms with Crippen LogP contribution in [0.1, 0.15) is 16.9 Å². The number of carbonyl (C=O) groups is 1. The van der Waals surface area contributed by atoms with E-state index in [1.165, 1.54) is 12.4 Å². The zero-order chi connectivity index (χ0) is 16.4. The van der Waals surface area contributed by atoms with Crippen molar-refractivity contribution in [3.63, 3.8) is 0 Å². The molecule has 0 saturated carbocycles. The Balaban J connectivity index is 1.37. The molecule has 1 spiro atoms. The number of hydrogen-bond donors (Lipinski definition) is 0. The van der Waals surface area contributed by atoms with Crippen molar-refractivity contribution < 1.29 is 14.3 Å². The zero-order valence-corrected chi connectivity index (χ0v) is 13.2. The van der Waals surface area contributed by atoms with Crippen molar-refractivity contribution in [3.8, 4) is 5.75 Å². The van der Waals surface area contributed by atoms with E-state index in [0.717, 1.165) is 12.2 Å². The van der Waals surface area contributed by atoms with Crippen LogP contribution in [-0.2, 0) is 4.74 Å². The number of amides is 1. The summed E-state index contributed by atoms with van der Waals surface area (Å²) in [6, 6.07) is 3.74. The normalized spacial score (nSPS) is 21.5. The summed E-state index contributed by atoms with van der Waals surface area (Å²) in [6.45, 7) is 2.42. The first-order valence-corrected chi connectivity index (χ1v) is 7.99. The number of hydrogen-bond acceptors (Lipinski definition) is 6. The predicted molar refractivity (Wildman–Crippen MR) is 84.5 cm³/mol. The van der Waals surface area contributed by atoms with Crippen molar-refractivity contribution in [2.75, 3.05) is 26.3 Å². The maximum absolute atomic E-state index is 12.4. The van der Waals surface area contributed by atoms with E-state index >= 15 is 0 Å². The summed E-state index contributed by atoms with van der Waals surface area (Å²) in [7, 11) is 0. The van der Waals surface area contributed by atoms with Crippen LogP contribution in [0.3, 0.4) is 0 Å². The minimum Gasteiger partial charge on any atom is -0.492 e. The van der Waals surface area contributed by atoms with Gasteiger partial charge in [-0.25, -0.2) is 4.98 Å². The highest BCUT2D eigenvalue weighted by atomic mass is 16.5. The largest absolute Gasteiger partial charge is 0.492 e. The maximum Gasteiger partial charge on any atom is 0.274 e. The smallest absolute Gasteiger partial charge is 0.274 e. The Bertz CT molecular complexity index is 704. The Kier molecular flexibility index (Phi) is 3.86. The lowest BCUT2D eigenvalue weighted by molar-refractivity contribution is -0.122. The van der Waals surface area contributed by atoms with E-state index < -0.39 is 0 Å². The summed E-state index contributed by atoms with van der Waals surface area (Å²) in [5, 5.41) is 0. The van der Waals surface area contributed by atoms with Gasteiger partial charge in [0.2, 0.25) is 0 Å². The maximum atomic E-state index is 12.4. The first-order chi connectivity index (χ1) is 11.8. The Morgan fingerprint density at radius 2 is 2.17 bits per heavy atom. The SMILES string of the molecule is O=C(c1cnccn1)N1CC2(C1)OCC[C@@H]2COc1cccnc1. The predicted octanol–water partition coefficient (Wildman–Crippen LogP) is 1.18. The van der Waals surface area contributed by atoms with Crippen molar-refractivity contribution in [3.05, 3.63) is 48.8 Å². The number of ether oxygens (including phenoxy) is 2. The van der Waals surface area contributed by atoms with Gasteiger partial charge in [0.05, 0.1) is 32.1 Å². The van der Waals surface area contributed by atoms with E-state index in [0.29, 0.717) is 32.0 Å². The highest BCUT2D eigenvalue weighted by Crippen LogP contribution is 2.40. The van der Waals surface area contributed by atoms with Gasteiger partial charge in [-0.05, 0) is 18.6 Å². The molecule has 1 amide bonds. The van der Waals surface area contributed by atoms with Crippen molar-refractivity contribution in [2.24, 2.45) is 5.92 Å². The second kappa shape index (κ2) is 6.16. The minimum atomic E-state index is -0.292. The molecule has 0 radical (unpaired) electrons. The summed E-state index contributed by atoms with van der Waals surface area (Å²) in [6.07, 6.45) is 8.93. The molecule has 0 unspecified atom stereocenters. The van der Waals surface area contributed by atoms with Gasteiger partial charge < -0.3 is 14.4 Å². The van der Waals surface area contributed by atoms with Crippen LogP contribution in [0.4, 0.5) is 0 Å². The molecular weight excluding hydrogens is 308 g/mol. The van der Waals surface area contributed by atoms with E-state index in [1.54, 1.807) is 23.5 Å². The number of nitrogens with zero attached hydrogens (tertiary/aromatic N) is 4. The molecule has 0 N–H and O–H groups in total. The Morgan fingerprint density at radius 1 is 1.29 bits per heavy atom. The highest BCUT2D eigenvalue weighted by molar-refractivity contribution is 5.92. The zero-order valence-electron chi connectivity index (χ0n) is 13.2. The molecule has 2 aliphatic rings. The fourth-order valence-corrected chi connectivity index (χ4v) is 3.31. The van der Waals surface area contributed by atoms with Gasteiger partial charge in [-0.1, -0.05) is 0 Å². The van der Waals surface area contributed by atoms with Crippen LogP contribution < -0.4 is 4.74 Å². The molecule has 2 aromatic rings. The first kappa shape index (κ1) is 15.0. The summed E-state index contributed by atoms with van der Waals surface area (Å²) >= 11 is 0. The molecule has 4 heterocycles. The Morgan fingerprint density at radius 3 is 2.92 bits per heavy atom. The van der Waals surface area contributed by atoms with E-state index in [9.17, 15) is 4.79 Å². The Hall–Kier alpha value is -2.54. The fourth-order valence-electron chi connectivity index (χ4n) is 3.31. The molecule has 4 rings (SSSR count). The van der Waals surface area contributed by atoms with Crippen LogP contribution >= 0.6 is 0 Å². The van der Waals surface area contributed by atoms with Crippen LogP contribution in [0.25, 0.3) is 0 Å². The van der Waals surface area contributed by atoms with Crippen molar-refractivity contribution in [1.82, 2.24) is 19.9 Å². The van der Waals surface area contributed by atoms with Crippen molar-refractivity contribution >= 4 is 5.91 Å². The lowest BCUT2D eigenvalue weighted by Gasteiger charge is -2.49. The van der Waals surface area contributed by atoms with Crippen molar-refractivity contribution in [2.45, 2.75) is 12.0 Å². The Labute approximate surface area is 139 Å². The van der Waals surface area contributed by atoms with Gasteiger partial charge in [0.25, 0.3) is 5.91 Å². The van der Waals surface area contributed by atoms with E-state index in [2.05, 4.69) is 15.0 Å². The average Bonchev–Trinajstić information content (AvgIpc) is 3.04. The van der Waals surface area contributed by atoms with Gasteiger partial charge >= 0.3 is 0 Å². The van der Waals surface area contributed by atoms with Crippen LogP contribution in [-0.4, -0.2) is 57.7 Å². The molecule has 0 aliphatic carbocycles. The molecular formula is C17H18N4O3. The molecule has 0 bridgehead atoms. The standard InChI is InChI=1S/C17H18N4O3/c22-16(15-9-19-5-6-20-15)21-11-17(12-21)13(3-7-24-17)10-23-14-2-1-4-18-8-14/h1-2,4-6,8-9,13H,3,7,10-12H2/t13-/m1/s1. The van der Waals surface area contributed by atoms with E-state index in [-0.39, 0.29) is 17.4 Å². The third-order valence-electron chi connectivity index (χ3n) is 4.67. The molecule has 2 fully saturated rings. The number of aromatic nitrogens is 3. The monoisotopic (exact) mass is 326 g/mol. The summed E-state index contributed by atoms with van der Waals surface area (Å²) in [5.74, 6) is 0.922. The lowest BCUT2D eigenvalue weighted by Crippen LogP contribution is -2.66. The summed E-state index contributed by atoms with van der Waals surface area (Å²) in [4.78, 5) is 26.2. The second-order valence-electron chi connectivity index (χ2n) is 6.15. The summed E-state index contributed by atoms with van der Waals surface area (Å²) in [5.41, 5.74) is 0.0774. The lowest BCUT2D eigenvalue weighted by atomic mass is 9.81. The van der Waals surface area contributed by atoms with Gasteiger partial charge in [0, 0.05) is 31.1 Å². The van der Waals surface area contributed by atoms with Gasteiger partial charge in [-0.3, -0.25) is 14.8 Å². The molecule has 2 saturated heterocycles. The van der Waals surface area contributed by atoms with Crippen LogP contribution in [0.15, 0.2) is 43.1 Å².